The largest absolute Gasteiger partial charge is 0.493 e. The Hall–Kier alpha value is -4.31. The molecule has 2 saturated heterocycles. The average Bonchev–Trinajstić information content (AvgIpc) is 3.44. The molecule has 11 heteroatoms. The lowest BCUT2D eigenvalue weighted by molar-refractivity contribution is -0.137. The zero-order chi connectivity index (χ0) is 29.2. The average molecular weight is 583 g/mol. The van der Waals surface area contributed by atoms with Gasteiger partial charge in [-0.15, -0.1) is 0 Å². The van der Waals surface area contributed by atoms with Crippen LogP contribution in [0.3, 0.4) is 0 Å². The molecule has 3 heterocycles. The molecule has 0 saturated carbocycles. The van der Waals surface area contributed by atoms with Crippen LogP contribution in [0.5, 0.6) is 11.5 Å². The molecule has 0 aromatic heterocycles. The number of benzene rings is 3. The van der Waals surface area contributed by atoms with Crippen molar-refractivity contribution in [2.45, 2.75) is 18.3 Å². The first-order chi connectivity index (χ1) is 19.6. The second kappa shape index (κ2) is 9.66. The summed E-state index contributed by atoms with van der Waals surface area (Å²) >= 11 is 5.80. The van der Waals surface area contributed by atoms with Crippen molar-refractivity contribution in [3.05, 3.63) is 94.1 Å². The molecule has 2 amide bonds. The van der Waals surface area contributed by atoms with Crippen molar-refractivity contribution in [1.29, 1.82) is 0 Å². The number of halogens is 4. The van der Waals surface area contributed by atoms with Crippen LogP contribution in [0.2, 0.25) is 5.02 Å². The highest BCUT2D eigenvalue weighted by Crippen LogP contribution is 2.54. The summed E-state index contributed by atoms with van der Waals surface area (Å²) < 4.78 is 51.6. The lowest BCUT2D eigenvalue weighted by atomic mass is 9.83. The topological polar surface area (TPSA) is 76.2 Å². The standard InChI is InChI=1S/C30H22ClF3N2O5/c1-40-21-10-7-16(13-22(21)41-2)27(37)26-24-23(25-18-6-4-3-5-15(18)11-12-35(25)26)28(38)36(29(24)39)17-8-9-20(31)19(14-17)30(32,33)34/h3-14,23-26H,1-2H3/t23-,24+,25+,26-/m0/s1. The zero-order valence-electron chi connectivity index (χ0n) is 21.7. The van der Waals surface area contributed by atoms with Gasteiger partial charge < -0.3 is 14.4 Å². The number of carbonyl (C=O) groups excluding carboxylic acids is 3. The van der Waals surface area contributed by atoms with Gasteiger partial charge in [0.15, 0.2) is 17.3 Å². The van der Waals surface area contributed by atoms with E-state index in [0.29, 0.717) is 17.6 Å². The number of amides is 2. The minimum absolute atomic E-state index is 0.226. The van der Waals surface area contributed by atoms with Crippen molar-refractivity contribution < 1.29 is 37.0 Å². The molecule has 0 aliphatic carbocycles. The number of alkyl halides is 3. The summed E-state index contributed by atoms with van der Waals surface area (Å²) in [5.74, 6) is -3.35. The number of Topliss-reactive ketones (excluding diaryl/α,β-unsaturated/α-hetero) is 1. The summed E-state index contributed by atoms with van der Waals surface area (Å²) in [4.78, 5) is 44.6. The van der Waals surface area contributed by atoms with Crippen LogP contribution in [0.25, 0.3) is 6.08 Å². The van der Waals surface area contributed by atoms with Gasteiger partial charge in [-0.05, 0) is 53.6 Å². The van der Waals surface area contributed by atoms with Crippen molar-refractivity contribution in [3.8, 4) is 11.5 Å². The quantitative estimate of drug-likeness (QED) is 0.281. The number of hydrogen-bond donors (Lipinski definition) is 0. The fraction of sp³-hybridized carbons (Fsp3) is 0.233. The Morgan fingerprint density at radius 1 is 0.902 bits per heavy atom. The number of imide groups is 1. The van der Waals surface area contributed by atoms with E-state index in [1.807, 2.05) is 24.3 Å². The van der Waals surface area contributed by atoms with Gasteiger partial charge in [-0.2, -0.15) is 13.2 Å². The first kappa shape index (κ1) is 26.9. The van der Waals surface area contributed by atoms with Crippen molar-refractivity contribution in [1.82, 2.24) is 4.90 Å². The monoisotopic (exact) mass is 582 g/mol. The van der Waals surface area contributed by atoms with Crippen LogP contribution in [0.15, 0.2) is 66.9 Å². The van der Waals surface area contributed by atoms with Crippen molar-refractivity contribution in [2.24, 2.45) is 11.8 Å². The lowest BCUT2D eigenvalue weighted by Crippen LogP contribution is -2.44. The Morgan fingerprint density at radius 3 is 2.32 bits per heavy atom. The van der Waals surface area contributed by atoms with Crippen LogP contribution in [0, 0.1) is 11.8 Å². The van der Waals surface area contributed by atoms with Crippen LogP contribution >= 0.6 is 11.6 Å². The van der Waals surface area contributed by atoms with Gasteiger partial charge in [0.1, 0.15) is 6.04 Å². The molecule has 4 atom stereocenters. The fourth-order valence-electron chi connectivity index (χ4n) is 6.14. The van der Waals surface area contributed by atoms with E-state index in [2.05, 4.69) is 0 Å². The molecule has 0 radical (unpaired) electrons. The van der Waals surface area contributed by atoms with E-state index in [9.17, 15) is 27.6 Å². The summed E-state index contributed by atoms with van der Waals surface area (Å²) in [6.45, 7) is 0. The molecule has 3 aliphatic heterocycles. The predicted octanol–water partition coefficient (Wildman–Crippen LogP) is 5.77. The Labute approximate surface area is 237 Å². The van der Waals surface area contributed by atoms with E-state index in [1.165, 1.54) is 26.4 Å². The maximum Gasteiger partial charge on any atom is 0.417 e. The van der Waals surface area contributed by atoms with E-state index < -0.39 is 58.3 Å². The van der Waals surface area contributed by atoms with Gasteiger partial charge in [0.25, 0.3) is 0 Å². The van der Waals surface area contributed by atoms with Gasteiger partial charge in [-0.3, -0.25) is 14.4 Å². The number of anilines is 1. The van der Waals surface area contributed by atoms with E-state index in [4.69, 9.17) is 21.1 Å². The van der Waals surface area contributed by atoms with Crippen LogP contribution < -0.4 is 14.4 Å². The molecule has 6 rings (SSSR count). The van der Waals surface area contributed by atoms with Crippen LogP contribution in [-0.4, -0.2) is 42.8 Å². The van der Waals surface area contributed by atoms with Crippen LogP contribution in [-0.2, 0) is 15.8 Å². The molecular weight excluding hydrogens is 561 g/mol. The number of rotatable bonds is 5. The summed E-state index contributed by atoms with van der Waals surface area (Å²) in [6.07, 6.45) is -1.29. The van der Waals surface area contributed by atoms with E-state index in [0.717, 1.165) is 22.1 Å². The van der Waals surface area contributed by atoms with Crippen molar-refractivity contribution in [2.75, 3.05) is 19.1 Å². The number of ether oxygens (including phenoxy) is 2. The molecule has 0 bridgehead atoms. The second-order valence-electron chi connectivity index (χ2n) is 9.94. The van der Waals surface area contributed by atoms with Crippen LogP contribution in [0.4, 0.5) is 18.9 Å². The van der Waals surface area contributed by atoms with Gasteiger partial charge in [0.05, 0.1) is 48.4 Å². The Kier molecular flexibility index (Phi) is 6.33. The fourth-order valence-corrected chi connectivity index (χ4v) is 6.37. The molecular formula is C30H22ClF3N2O5. The van der Waals surface area contributed by atoms with E-state index >= 15 is 0 Å². The Morgan fingerprint density at radius 2 is 1.61 bits per heavy atom. The van der Waals surface area contributed by atoms with Gasteiger partial charge in [-0.25, -0.2) is 4.90 Å². The first-order valence-electron chi connectivity index (χ1n) is 12.6. The van der Waals surface area contributed by atoms with Gasteiger partial charge >= 0.3 is 6.18 Å². The minimum Gasteiger partial charge on any atom is -0.493 e. The third-order valence-corrected chi connectivity index (χ3v) is 8.24. The summed E-state index contributed by atoms with van der Waals surface area (Å²) in [5, 5.41) is -0.556. The molecule has 210 valence electrons. The number of carbonyl (C=O) groups is 3. The molecule has 3 aromatic carbocycles. The zero-order valence-corrected chi connectivity index (χ0v) is 22.4. The third kappa shape index (κ3) is 4.08. The van der Waals surface area contributed by atoms with Crippen molar-refractivity contribution >= 4 is 41.0 Å². The minimum atomic E-state index is -4.80. The third-order valence-electron chi connectivity index (χ3n) is 7.91. The normalized spacial score (nSPS) is 22.9. The SMILES string of the molecule is COc1ccc(C(=O)[C@@H]2[C@@H]3C(=O)N(c4ccc(Cl)c(C(F)(F)F)c4)C(=O)[C@@H]3[C@H]3c4ccccc4C=CN23)cc1OC. The lowest BCUT2D eigenvalue weighted by Gasteiger charge is -2.35. The number of nitrogens with zero attached hydrogens (tertiary/aromatic N) is 2. The van der Waals surface area contributed by atoms with Gasteiger partial charge in [-0.1, -0.05) is 35.9 Å². The predicted molar refractivity (Wildman–Crippen MR) is 144 cm³/mol. The first-order valence-corrected chi connectivity index (χ1v) is 13.0. The van der Waals surface area contributed by atoms with E-state index in [1.54, 1.807) is 29.3 Å². The molecule has 3 aliphatic rings. The van der Waals surface area contributed by atoms with Gasteiger partial charge in [0, 0.05) is 11.8 Å². The second-order valence-corrected chi connectivity index (χ2v) is 10.3. The van der Waals surface area contributed by atoms with Crippen molar-refractivity contribution in [3.63, 3.8) is 0 Å². The number of fused-ring (bicyclic) bond motifs is 5. The highest BCUT2D eigenvalue weighted by Gasteiger charge is 2.64. The Bertz CT molecular complexity index is 1640. The molecule has 2 fully saturated rings. The highest BCUT2D eigenvalue weighted by molar-refractivity contribution is 6.32. The molecule has 0 unspecified atom stereocenters. The molecule has 0 N–H and O–H groups in total. The molecule has 3 aromatic rings. The Balaban J connectivity index is 1.48. The molecule has 7 nitrogen and oxygen atoms in total. The number of methoxy groups -OCH3 is 2. The highest BCUT2D eigenvalue weighted by atomic mass is 35.5. The summed E-state index contributed by atoms with van der Waals surface area (Å²) in [7, 11) is 2.89. The van der Waals surface area contributed by atoms with Crippen LogP contribution in [0.1, 0.15) is 33.1 Å². The van der Waals surface area contributed by atoms with Gasteiger partial charge in [0.2, 0.25) is 11.8 Å². The molecule has 0 spiro atoms. The molecule has 41 heavy (non-hydrogen) atoms. The van der Waals surface area contributed by atoms with E-state index in [-0.39, 0.29) is 11.3 Å². The maximum atomic E-state index is 14.1. The maximum absolute atomic E-state index is 14.1. The summed E-state index contributed by atoms with van der Waals surface area (Å²) in [5.41, 5.74) is 0.359. The summed E-state index contributed by atoms with van der Waals surface area (Å²) in [6, 6.07) is 13.0. The number of ketones is 1. The number of hydrogen-bond acceptors (Lipinski definition) is 6. The smallest absolute Gasteiger partial charge is 0.417 e.